The number of pyridine rings is 1. The molecule has 0 spiro atoms. The summed E-state index contributed by atoms with van der Waals surface area (Å²) in [6.07, 6.45) is 5.62. The number of aromatic nitrogens is 4. The highest BCUT2D eigenvalue weighted by Crippen LogP contribution is 2.30. The molecule has 0 aliphatic carbocycles. The first kappa shape index (κ1) is 25.4. The van der Waals surface area contributed by atoms with Crippen LogP contribution in [0.15, 0.2) is 36.9 Å². The van der Waals surface area contributed by atoms with Crippen molar-refractivity contribution in [3.05, 3.63) is 36.9 Å². The normalized spacial score (nSPS) is 19.7. The largest absolute Gasteiger partial charge is 0.368 e. The minimum Gasteiger partial charge on any atom is -0.368 e. The third-order valence-electron chi connectivity index (χ3n) is 7.48. The van der Waals surface area contributed by atoms with Gasteiger partial charge < -0.3 is 20.0 Å². The van der Waals surface area contributed by atoms with E-state index in [-0.39, 0.29) is 24.4 Å². The molecule has 0 aromatic carbocycles. The molecule has 2 atom stereocenters. The topological polar surface area (TPSA) is 135 Å². The first-order chi connectivity index (χ1) is 18.5. The lowest BCUT2D eigenvalue weighted by atomic mass is 9.92. The van der Waals surface area contributed by atoms with Gasteiger partial charge in [0.05, 0.1) is 29.4 Å². The molecule has 2 saturated heterocycles. The number of hydrogen-bond acceptors (Lipinski definition) is 9. The van der Waals surface area contributed by atoms with Crippen LogP contribution in [0.2, 0.25) is 0 Å². The Morgan fingerprint density at radius 1 is 1.18 bits per heavy atom. The van der Waals surface area contributed by atoms with Gasteiger partial charge in [0, 0.05) is 52.5 Å². The Bertz CT molecular complexity index is 1340. The molecule has 3 aromatic rings. The number of amides is 2. The van der Waals surface area contributed by atoms with E-state index in [1.807, 2.05) is 25.2 Å². The van der Waals surface area contributed by atoms with E-state index in [2.05, 4.69) is 42.3 Å². The molecule has 12 heteroatoms. The first-order valence-electron chi connectivity index (χ1n) is 12.9. The zero-order valence-electron chi connectivity index (χ0n) is 21.7. The Balaban J connectivity index is 1.32. The van der Waals surface area contributed by atoms with Crippen LogP contribution in [0.4, 0.5) is 22.1 Å². The summed E-state index contributed by atoms with van der Waals surface area (Å²) in [5.41, 5.74) is 1.51. The van der Waals surface area contributed by atoms with E-state index >= 15 is 0 Å². The van der Waals surface area contributed by atoms with Crippen molar-refractivity contribution in [2.45, 2.75) is 25.8 Å². The minimum absolute atomic E-state index is 0.0140. The number of fused-ring (bicyclic) bond motifs is 1. The average molecular weight is 517 g/mol. The minimum atomic E-state index is -0.367. The first-order valence-corrected chi connectivity index (χ1v) is 12.9. The molecule has 5 rings (SSSR count). The molecule has 2 N–H and O–H groups in total. The van der Waals surface area contributed by atoms with E-state index < -0.39 is 0 Å². The quantitative estimate of drug-likeness (QED) is 0.521. The lowest BCUT2D eigenvalue weighted by molar-refractivity contribution is -0.131. The van der Waals surface area contributed by atoms with Gasteiger partial charge >= 0.3 is 6.03 Å². The summed E-state index contributed by atoms with van der Waals surface area (Å²) in [6.45, 7) is 7.04. The summed E-state index contributed by atoms with van der Waals surface area (Å²) in [5.74, 6) is 1.31. The second kappa shape index (κ2) is 11.0. The van der Waals surface area contributed by atoms with E-state index in [0.29, 0.717) is 36.3 Å². The number of piperidine rings is 1. The molecule has 0 unspecified atom stereocenters. The third-order valence-corrected chi connectivity index (χ3v) is 7.48. The van der Waals surface area contributed by atoms with E-state index in [1.54, 1.807) is 23.4 Å². The molecule has 0 radical (unpaired) electrons. The number of carbonyl (C=O) groups is 2. The fraction of sp³-hybridized carbons (Fsp3) is 0.462. The van der Waals surface area contributed by atoms with Gasteiger partial charge in [0.2, 0.25) is 5.91 Å². The molecule has 12 nitrogen and oxygen atoms in total. The highest BCUT2D eigenvalue weighted by Gasteiger charge is 2.33. The summed E-state index contributed by atoms with van der Waals surface area (Å²) < 4.78 is 1.45. The van der Waals surface area contributed by atoms with Crippen LogP contribution in [0, 0.1) is 17.2 Å². The Kier molecular flexibility index (Phi) is 7.37. The Hall–Kier alpha value is -4.24. The second-order valence-electron chi connectivity index (χ2n) is 9.81. The number of rotatable bonds is 5. The Morgan fingerprint density at radius 2 is 2.00 bits per heavy atom. The third kappa shape index (κ3) is 5.10. The SMILES string of the molecule is C[C@@H]1CCN(C(=O)CC#N)C[C@@H]1N(C)c1ncnc2c1ccn2C(=O)Nc1ccc(N2CCNCC2)cn1. The average Bonchev–Trinajstić information content (AvgIpc) is 3.39. The number of nitrogens with zero attached hydrogens (tertiary/aromatic N) is 8. The van der Waals surface area contributed by atoms with Crippen molar-refractivity contribution < 1.29 is 9.59 Å². The number of hydrogen-bond donors (Lipinski definition) is 2. The van der Waals surface area contributed by atoms with Gasteiger partial charge in [0.1, 0.15) is 24.4 Å². The maximum absolute atomic E-state index is 13.1. The van der Waals surface area contributed by atoms with Gasteiger partial charge in [-0.15, -0.1) is 0 Å². The van der Waals surface area contributed by atoms with E-state index in [4.69, 9.17) is 5.26 Å². The summed E-state index contributed by atoms with van der Waals surface area (Å²) in [4.78, 5) is 44.9. The summed E-state index contributed by atoms with van der Waals surface area (Å²) in [7, 11) is 1.95. The van der Waals surface area contributed by atoms with Crippen LogP contribution < -0.4 is 20.4 Å². The number of likely N-dealkylation sites (N-methyl/N-ethyl adjacent to an activating group) is 1. The fourth-order valence-corrected chi connectivity index (χ4v) is 5.24. The molecule has 2 aliphatic heterocycles. The molecule has 198 valence electrons. The molecule has 5 heterocycles. The van der Waals surface area contributed by atoms with Crippen molar-refractivity contribution in [3.63, 3.8) is 0 Å². The van der Waals surface area contributed by atoms with E-state index in [9.17, 15) is 9.59 Å². The molecule has 3 aromatic heterocycles. The standard InChI is InChI=1S/C26H32N10O2/c1-18-6-11-35(23(37)5-8-27)16-21(18)33(2)24-20-7-12-36(25(20)31-17-30-24)26(38)32-22-4-3-19(15-29-22)34-13-9-28-10-14-34/h3-4,7,12,15,17-18,21,28H,5-6,9-11,13-14,16H2,1-2H3,(H,29,32,38)/t18-,21+/m1/s1. The van der Waals surface area contributed by atoms with Crippen LogP contribution in [0.5, 0.6) is 0 Å². The molecular weight excluding hydrogens is 484 g/mol. The van der Waals surface area contributed by atoms with Crippen LogP contribution in [0.3, 0.4) is 0 Å². The van der Waals surface area contributed by atoms with Crippen molar-refractivity contribution in [1.29, 1.82) is 5.26 Å². The summed E-state index contributed by atoms with van der Waals surface area (Å²) >= 11 is 0. The number of likely N-dealkylation sites (tertiary alicyclic amines) is 1. The van der Waals surface area contributed by atoms with Crippen molar-refractivity contribution in [1.82, 2.24) is 29.7 Å². The molecule has 2 aliphatic rings. The second-order valence-corrected chi connectivity index (χ2v) is 9.81. The predicted octanol–water partition coefficient (Wildman–Crippen LogP) is 1.90. The summed E-state index contributed by atoms with van der Waals surface area (Å²) in [5, 5.41) is 15.9. The number of carbonyl (C=O) groups excluding carboxylic acids is 2. The number of anilines is 3. The molecule has 2 amide bonds. The fourth-order valence-electron chi connectivity index (χ4n) is 5.24. The van der Waals surface area contributed by atoms with Gasteiger partial charge in [-0.1, -0.05) is 6.92 Å². The van der Waals surface area contributed by atoms with Crippen LogP contribution in [-0.2, 0) is 4.79 Å². The maximum atomic E-state index is 13.1. The smallest absolute Gasteiger partial charge is 0.332 e. The number of nitriles is 1. The van der Waals surface area contributed by atoms with Gasteiger partial charge in [-0.25, -0.2) is 19.7 Å². The van der Waals surface area contributed by atoms with Gasteiger partial charge in [-0.3, -0.25) is 14.7 Å². The summed E-state index contributed by atoms with van der Waals surface area (Å²) in [6, 6.07) is 7.19. The Labute approximate surface area is 221 Å². The van der Waals surface area contributed by atoms with E-state index in [0.717, 1.165) is 43.7 Å². The molecular formula is C26H32N10O2. The van der Waals surface area contributed by atoms with Crippen molar-refractivity contribution in [2.24, 2.45) is 5.92 Å². The molecule has 0 saturated carbocycles. The monoisotopic (exact) mass is 516 g/mol. The lowest BCUT2D eigenvalue weighted by Gasteiger charge is -2.42. The Morgan fingerprint density at radius 3 is 2.74 bits per heavy atom. The number of nitrogens with one attached hydrogen (secondary N) is 2. The lowest BCUT2D eigenvalue weighted by Crippen LogP contribution is -2.52. The van der Waals surface area contributed by atoms with Crippen LogP contribution in [0.25, 0.3) is 11.0 Å². The van der Waals surface area contributed by atoms with Gasteiger partial charge in [-0.2, -0.15) is 5.26 Å². The van der Waals surface area contributed by atoms with Gasteiger partial charge in [0.25, 0.3) is 0 Å². The highest BCUT2D eigenvalue weighted by atomic mass is 16.2. The molecule has 0 bridgehead atoms. The van der Waals surface area contributed by atoms with Crippen LogP contribution >= 0.6 is 0 Å². The van der Waals surface area contributed by atoms with Crippen LogP contribution in [-0.4, -0.2) is 88.7 Å². The van der Waals surface area contributed by atoms with Crippen molar-refractivity contribution in [2.75, 3.05) is 61.4 Å². The van der Waals surface area contributed by atoms with Gasteiger partial charge in [0.15, 0.2) is 5.65 Å². The van der Waals surface area contributed by atoms with E-state index in [1.165, 1.54) is 10.9 Å². The van der Waals surface area contributed by atoms with Crippen molar-refractivity contribution >= 4 is 40.3 Å². The molecule has 38 heavy (non-hydrogen) atoms. The molecule has 2 fully saturated rings. The highest BCUT2D eigenvalue weighted by molar-refractivity contribution is 5.99. The van der Waals surface area contributed by atoms with Gasteiger partial charge in [-0.05, 0) is 30.5 Å². The maximum Gasteiger partial charge on any atom is 0.332 e. The zero-order chi connectivity index (χ0) is 26.6. The number of piperazine rings is 1. The predicted molar refractivity (Wildman–Crippen MR) is 144 cm³/mol. The van der Waals surface area contributed by atoms with Crippen molar-refractivity contribution in [3.8, 4) is 6.07 Å². The van der Waals surface area contributed by atoms with Crippen LogP contribution in [0.1, 0.15) is 19.8 Å². The zero-order valence-corrected chi connectivity index (χ0v) is 21.7.